The Kier molecular flexibility index (Phi) is 9.69. The fraction of sp³-hybridized carbons (Fsp3) is 1.00. The van der Waals surface area contributed by atoms with Crippen molar-refractivity contribution in [2.45, 2.75) is 25.9 Å². The average molecular weight is 163 g/mol. The molecule has 46 valence electrons. The van der Waals surface area contributed by atoms with E-state index in [-0.39, 0.29) is 46.3 Å². The van der Waals surface area contributed by atoms with E-state index in [9.17, 15) is 4.57 Å². The zero-order valence-corrected chi connectivity index (χ0v) is 8.40. The summed E-state index contributed by atoms with van der Waals surface area (Å²) in [5.74, 6) is 0. The van der Waals surface area contributed by atoms with E-state index in [4.69, 9.17) is 4.89 Å². The molecule has 2 unspecified atom stereocenters. The summed E-state index contributed by atoms with van der Waals surface area (Å²) in [6.07, 6.45) is 0.783. The van der Waals surface area contributed by atoms with Crippen LogP contribution in [0.2, 0.25) is 0 Å². The molecule has 0 heterocycles. The fourth-order valence-corrected chi connectivity index (χ4v) is 0.469. The molecule has 0 aliphatic rings. The van der Waals surface area contributed by atoms with Gasteiger partial charge in [0, 0.05) is 0 Å². The molecule has 0 saturated carbocycles. The van der Waals surface area contributed by atoms with Crippen molar-refractivity contribution < 1.29 is 12.3 Å². The quantitative estimate of drug-likeness (QED) is 0.493. The van der Waals surface area contributed by atoms with Crippen molar-refractivity contribution in [3.8, 4) is 0 Å². The van der Waals surface area contributed by atoms with Gasteiger partial charge in [-0.3, -0.25) is 0 Å². The van der Waals surface area contributed by atoms with Crippen LogP contribution in [0.1, 0.15) is 23.1 Å². The van der Waals surface area contributed by atoms with Gasteiger partial charge in [0.1, 0.15) is 0 Å². The zero-order valence-electron chi connectivity index (χ0n) is 7.29. The summed E-state index contributed by atoms with van der Waals surface area (Å²) < 4.78 is 10.1. The van der Waals surface area contributed by atoms with Crippen molar-refractivity contribution in [3.63, 3.8) is 0 Å². The SMILES string of the molecule is CCC(C)[P+](=O)O.[Ca+2].[H-].[H-]. The third-order valence-electron chi connectivity index (χ3n) is 0.968. The van der Waals surface area contributed by atoms with E-state index < -0.39 is 8.03 Å². The number of hydrogen-bond acceptors (Lipinski definition) is 1. The van der Waals surface area contributed by atoms with Crippen LogP contribution in [0.5, 0.6) is 0 Å². The van der Waals surface area contributed by atoms with Gasteiger partial charge in [0.05, 0.1) is 0 Å². The van der Waals surface area contributed by atoms with E-state index in [1.54, 1.807) is 6.92 Å². The molecule has 0 radical (unpaired) electrons. The monoisotopic (exact) mass is 163 g/mol. The van der Waals surface area contributed by atoms with E-state index in [0.29, 0.717) is 0 Å². The molecule has 0 aromatic carbocycles. The Morgan fingerprint density at radius 3 is 2.25 bits per heavy atom. The molecule has 0 bridgehead atoms. The summed E-state index contributed by atoms with van der Waals surface area (Å²) >= 11 is 0. The molecule has 0 aliphatic heterocycles. The first-order valence-electron chi connectivity index (χ1n) is 2.33. The molecule has 0 amide bonds. The fourth-order valence-electron chi connectivity index (χ4n) is 0.156. The van der Waals surface area contributed by atoms with Gasteiger partial charge in [-0.05, 0) is 17.9 Å². The van der Waals surface area contributed by atoms with Gasteiger partial charge in [0.2, 0.25) is 0 Å². The van der Waals surface area contributed by atoms with Crippen LogP contribution in [0.4, 0.5) is 0 Å². The van der Waals surface area contributed by atoms with Crippen LogP contribution in [-0.4, -0.2) is 48.3 Å². The summed E-state index contributed by atoms with van der Waals surface area (Å²) in [7, 11) is -1.91. The van der Waals surface area contributed by atoms with Gasteiger partial charge in [-0.1, -0.05) is 6.92 Å². The Morgan fingerprint density at radius 1 is 1.88 bits per heavy atom. The first-order chi connectivity index (χ1) is 3.18. The second-order valence-corrected chi connectivity index (χ2v) is 3.05. The summed E-state index contributed by atoms with van der Waals surface area (Å²) in [5, 5.41) is 0. The van der Waals surface area contributed by atoms with Gasteiger partial charge in [-0.15, -0.1) is 0 Å². The van der Waals surface area contributed by atoms with Crippen molar-refractivity contribution in [1.29, 1.82) is 0 Å². The van der Waals surface area contributed by atoms with Crippen molar-refractivity contribution in [1.82, 2.24) is 0 Å². The van der Waals surface area contributed by atoms with Crippen molar-refractivity contribution >= 4 is 45.8 Å². The largest absolute Gasteiger partial charge is 2.00 e. The van der Waals surface area contributed by atoms with Gasteiger partial charge in [0.25, 0.3) is 0 Å². The molecule has 0 rings (SSSR count). The molecule has 0 aromatic rings. The van der Waals surface area contributed by atoms with E-state index in [1.165, 1.54) is 0 Å². The summed E-state index contributed by atoms with van der Waals surface area (Å²) in [4.78, 5) is 8.33. The first-order valence-corrected chi connectivity index (χ1v) is 3.62. The molecule has 2 nitrogen and oxygen atoms in total. The maximum atomic E-state index is 10.1. The minimum absolute atomic E-state index is 0. The van der Waals surface area contributed by atoms with Gasteiger partial charge in [0.15, 0.2) is 5.66 Å². The molecular weight excluding hydrogens is 151 g/mol. The molecule has 1 N–H and O–H groups in total. The zero-order chi connectivity index (χ0) is 5.86. The maximum absolute atomic E-state index is 10.1. The molecule has 0 saturated heterocycles. The van der Waals surface area contributed by atoms with Crippen LogP contribution in [-0.2, 0) is 4.57 Å². The maximum Gasteiger partial charge on any atom is 2.00 e. The Bertz CT molecular complexity index is 83.7. The minimum atomic E-state index is -1.91. The Labute approximate surface area is 83.5 Å². The third kappa shape index (κ3) is 5.46. The van der Waals surface area contributed by atoms with Crippen molar-refractivity contribution in [2.24, 2.45) is 0 Å². The summed E-state index contributed by atoms with van der Waals surface area (Å²) in [6.45, 7) is 3.66. The van der Waals surface area contributed by atoms with Crippen molar-refractivity contribution in [2.75, 3.05) is 0 Å². The second kappa shape index (κ2) is 6.44. The average Bonchev–Trinajstić information content (AvgIpc) is 1.65. The summed E-state index contributed by atoms with van der Waals surface area (Å²) in [6, 6.07) is 0. The van der Waals surface area contributed by atoms with E-state index >= 15 is 0 Å². The van der Waals surface area contributed by atoms with Crippen LogP contribution in [0.15, 0.2) is 0 Å². The molecule has 0 spiro atoms. The van der Waals surface area contributed by atoms with Crippen molar-refractivity contribution in [3.05, 3.63) is 0 Å². The van der Waals surface area contributed by atoms with Crippen LogP contribution in [0, 0.1) is 0 Å². The van der Waals surface area contributed by atoms with Gasteiger partial charge >= 0.3 is 45.8 Å². The third-order valence-corrected chi connectivity index (χ3v) is 2.09. The van der Waals surface area contributed by atoms with E-state index in [1.807, 2.05) is 6.92 Å². The minimum Gasteiger partial charge on any atom is -1.00 e. The molecule has 0 fully saturated rings. The van der Waals surface area contributed by atoms with Crippen LogP contribution in [0.25, 0.3) is 0 Å². The van der Waals surface area contributed by atoms with Gasteiger partial charge in [-0.2, -0.15) is 4.89 Å². The normalized spacial score (nSPS) is 14.1. The second-order valence-electron chi connectivity index (χ2n) is 1.56. The molecule has 0 aromatic heterocycles. The molecule has 4 heteroatoms. The Balaban J connectivity index is -0.0000000600. The predicted molar refractivity (Wildman–Crippen MR) is 37.6 cm³/mol. The Hall–Kier alpha value is 1.32. The van der Waals surface area contributed by atoms with Gasteiger partial charge in [-0.25, -0.2) is 0 Å². The predicted octanol–water partition coefficient (Wildman–Crippen LogP) is 1.36. The number of hydrogen-bond donors (Lipinski definition) is 1. The topological polar surface area (TPSA) is 37.3 Å². The Morgan fingerprint density at radius 2 is 2.25 bits per heavy atom. The standard InChI is InChI=1S/C4H9O2P.Ca.2H/c1-3-4(2)7(5)6;;;/h4H,3H2,1-2H3;;;/q;+2;2*-1/p+1. The molecular formula is C4H12CaO2P+. The van der Waals surface area contributed by atoms with Crippen LogP contribution in [0.3, 0.4) is 0 Å². The molecule has 8 heavy (non-hydrogen) atoms. The smallest absolute Gasteiger partial charge is 1.00 e. The van der Waals surface area contributed by atoms with Gasteiger partial charge < -0.3 is 2.85 Å². The van der Waals surface area contributed by atoms with Crippen LogP contribution >= 0.6 is 8.03 Å². The first kappa shape index (κ1) is 12.0. The van der Waals surface area contributed by atoms with E-state index in [0.717, 1.165) is 6.42 Å². The summed E-state index contributed by atoms with van der Waals surface area (Å²) in [5.41, 5.74) is -0.0324. The van der Waals surface area contributed by atoms with Crippen LogP contribution < -0.4 is 0 Å². The molecule has 2 atom stereocenters. The van der Waals surface area contributed by atoms with E-state index in [2.05, 4.69) is 0 Å². The number of rotatable bonds is 2. The molecule has 0 aliphatic carbocycles.